The monoisotopic (exact) mass is 224 g/mol. The van der Waals surface area contributed by atoms with Gasteiger partial charge in [-0.05, 0) is 26.8 Å². The highest BCUT2D eigenvalue weighted by molar-refractivity contribution is 4.99. The van der Waals surface area contributed by atoms with Gasteiger partial charge in [0.15, 0.2) is 5.89 Å². The van der Waals surface area contributed by atoms with E-state index >= 15 is 0 Å². The number of aromatic nitrogens is 1. The van der Waals surface area contributed by atoms with Gasteiger partial charge in [-0.15, -0.1) is 0 Å². The predicted molar refractivity (Wildman–Crippen MR) is 61.4 cm³/mol. The fourth-order valence-corrected chi connectivity index (χ4v) is 1.95. The van der Waals surface area contributed by atoms with Crippen molar-refractivity contribution in [3.63, 3.8) is 0 Å². The average Bonchev–Trinajstić information content (AvgIpc) is 2.91. The molecule has 90 valence electrons. The van der Waals surface area contributed by atoms with Crippen LogP contribution in [-0.2, 0) is 17.6 Å². The van der Waals surface area contributed by atoms with E-state index in [4.69, 9.17) is 9.15 Å². The number of rotatable bonds is 5. The van der Waals surface area contributed by atoms with Gasteiger partial charge in [0.05, 0.1) is 18.2 Å². The Bertz CT molecular complexity index is 319. The molecule has 1 aromatic rings. The lowest BCUT2D eigenvalue weighted by atomic mass is 10.2. The minimum atomic E-state index is 0.313. The summed E-state index contributed by atoms with van der Waals surface area (Å²) < 4.78 is 11.0. The molecule has 2 atom stereocenters. The Morgan fingerprint density at radius 1 is 1.62 bits per heavy atom. The van der Waals surface area contributed by atoms with Crippen LogP contribution in [0.25, 0.3) is 0 Å². The fraction of sp³-hybridized carbons (Fsp3) is 0.750. The standard InChI is InChI=1S/C12H20N2O2/c1-9(13-2)6-10-8-16-12(14-10)7-11-4-3-5-15-11/h8-9,11,13H,3-7H2,1-2H3. The Morgan fingerprint density at radius 3 is 3.19 bits per heavy atom. The summed E-state index contributed by atoms with van der Waals surface area (Å²) in [6.45, 7) is 3.02. The van der Waals surface area contributed by atoms with Crippen LogP contribution in [0.2, 0.25) is 0 Å². The quantitative estimate of drug-likeness (QED) is 0.824. The third-order valence-corrected chi connectivity index (χ3v) is 3.03. The van der Waals surface area contributed by atoms with Crippen LogP contribution in [0.5, 0.6) is 0 Å². The zero-order valence-corrected chi connectivity index (χ0v) is 10.0. The minimum Gasteiger partial charge on any atom is -0.449 e. The summed E-state index contributed by atoms with van der Waals surface area (Å²) in [6, 6.07) is 0.431. The molecule has 0 saturated carbocycles. The second kappa shape index (κ2) is 5.46. The second-order valence-corrected chi connectivity index (χ2v) is 4.47. The molecular weight excluding hydrogens is 204 g/mol. The van der Waals surface area contributed by atoms with E-state index in [2.05, 4.69) is 17.2 Å². The normalized spacial score (nSPS) is 22.5. The van der Waals surface area contributed by atoms with Crippen LogP contribution in [0.15, 0.2) is 10.7 Å². The van der Waals surface area contributed by atoms with Crippen LogP contribution in [0.3, 0.4) is 0 Å². The molecule has 4 heteroatoms. The van der Waals surface area contributed by atoms with E-state index in [1.165, 1.54) is 0 Å². The first-order chi connectivity index (χ1) is 7.78. The Labute approximate surface area is 96.4 Å². The van der Waals surface area contributed by atoms with Gasteiger partial charge in [0.2, 0.25) is 0 Å². The molecule has 0 amide bonds. The lowest BCUT2D eigenvalue weighted by Crippen LogP contribution is -2.23. The van der Waals surface area contributed by atoms with Gasteiger partial charge in [0.25, 0.3) is 0 Å². The molecule has 2 unspecified atom stereocenters. The van der Waals surface area contributed by atoms with Crippen LogP contribution in [-0.4, -0.2) is 30.8 Å². The van der Waals surface area contributed by atoms with Crippen molar-refractivity contribution in [1.82, 2.24) is 10.3 Å². The molecule has 0 bridgehead atoms. The third kappa shape index (κ3) is 3.06. The van der Waals surface area contributed by atoms with Crippen molar-refractivity contribution >= 4 is 0 Å². The van der Waals surface area contributed by atoms with Gasteiger partial charge < -0.3 is 14.5 Å². The van der Waals surface area contributed by atoms with Crippen molar-refractivity contribution in [2.24, 2.45) is 0 Å². The molecule has 0 spiro atoms. The predicted octanol–water partition coefficient (Wildman–Crippen LogP) is 1.55. The van der Waals surface area contributed by atoms with E-state index in [9.17, 15) is 0 Å². The molecule has 2 rings (SSSR count). The lowest BCUT2D eigenvalue weighted by molar-refractivity contribution is 0.106. The van der Waals surface area contributed by atoms with Gasteiger partial charge in [-0.2, -0.15) is 0 Å². The molecular formula is C12H20N2O2. The summed E-state index contributed by atoms with van der Waals surface area (Å²) in [7, 11) is 1.96. The zero-order valence-electron chi connectivity index (χ0n) is 10.0. The summed E-state index contributed by atoms with van der Waals surface area (Å²) in [5, 5.41) is 3.19. The molecule has 1 saturated heterocycles. The lowest BCUT2D eigenvalue weighted by Gasteiger charge is -2.06. The van der Waals surface area contributed by atoms with Crippen LogP contribution in [0, 0.1) is 0 Å². The van der Waals surface area contributed by atoms with Crippen molar-refractivity contribution in [3.05, 3.63) is 17.8 Å². The number of nitrogens with one attached hydrogen (secondary N) is 1. The molecule has 1 aliphatic rings. The Kier molecular flexibility index (Phi) is 3.96. The summed E-state index contributed by atoms with van der Waals surface area (Å²) in [6.07, 6.45) is 6.09. The third-order valence-electron chi connectivity index (χ3n) is 3.03. The molecule has 16 heavy (non-hydrogen) atoms. The largest absolute Gasteiger partial charge is 0.449 e. The highest BCUT2D eigenvalue weighted by Crippen LogP contribution is 2.17. The molecule has 2 heterocycles. The van der Waals surface area contributed by atoms with Crippen molar-refractivity contribution in [2.45, 2.75) is 44.8 Å². The number of hydrogen-bond donors (Lipinski definition) is 1. The topological polar surface area (TPSA) is 47.3 Å². The van der Waals surface area contributed by atoms with Gasteiger partial charge >= 0.3 is 0 Å². The first kappa shape index (κ1) is 11.6. The van der Waals surface area contributed by atoms with E-state index in [-0.39, 0.29) is 0 Å². The van der Waals surface area contributed by atoms with Crippen LogP contribution in [0.4, 0.5) is 0 Å². The average molecular weight is 224 g/mol. The molecule has 0 aliphatic carbocycles. The van der Waals surface area contributed by atoms with Gasteiger partial charge in [-0.3, -0.25) is 0 Å². The first-order valence-corrected chi connectivity index (χ1v) is 6.00. The molecule has 1 N–H and O–H groups in total. The van der Waals surface area contributed by atoms with E-state index in [0.717, 1.165) is 43.9 Å². The molecule has 1 fully saturated rings. The van der Waals surface area contributed by atoms with Crippen molar-refractivity contribution in [2.75, 3.05) is 13.7 Å². The van der Waals surface area contributed by atoms with Crippen molar-refractivity contribution < 1.29 is 9.15 Å². The zero-order chi connectivity index (χ0) is 11.4. The minimum absolute atomic E-state index is 0.313. The highest BCUT2D eigenvalue weighted by atomic mass is 16.5. The Morgan fingerprint density at radius 2 is 2.50 bits per heavy atom. The van der Waals surface area contributed by atoms with E-state index < -0.39 is 0 Å². The molecule has 1 aromatic heterocycles. The van der Waals surface area contributed by atoms with Crippen LogP contribution in [0.1, 0.15) is 31.4 Å². The van der Waals surface area contributed by atoms with Gasteiger partial charge in [0.1, 0.15) is 6.26 Å². The van der Waals surface area contributed by atoms with E-state index in [1.54, 1.807) is 6.26 Å². The maximum atomic E-state index is 5.56. The fourth-order valence-electron chi connectivity index (χ4n) is 1.95. The SMILES string of the molecule is CNC(C)Cc1coc(CC2CCCO2)n1. The molecule has 0 radical (unpaired) electrons. The van der Waals surface area contributed by atoms with E-state index in [1.807, 2.05) is 7.05 Å². The van der Waals surface area contributed by atoms with Gasteiger partial charge in [-0.1, -0.05) is 0 Å². The van der Waals surface area contributed by atoms with Crippen LogP contribution < -0.4 is 5.32 Å². The van der Waals surface area contributed by atoms with E-state index in [0.29, 0.717) is 12.1 Å². The Hall–Kier alpha value is -0.870. The molecule has 0 aromatic carbocycles. The summed E-state index contributed by atoms with van der Waals surface area (Å²) >= 11 is 0. The number of hydrogen-bond acceptors (Lipinski definition) is 4. The molecule has 4 nitrogen and oxygen atoms in total. The number of oxazole rings is 1. The van der Waals surface area contributed by atoms with Crippen molar-refractivity contribution in [1.29, 1.82) is 0 Å². The van der Waals surface area contributed by atoms with Gasteiger partial charge in [0, 0.05) is 19.1 Å². The number of likely N-dealkylation sites (N-methyl/N-ethyl adjacent to an activating group) is 1. The number of ether oxygens (including phenoxy) is 1. The van der Waals surface area contributed by atoms with Crippen molar-refractivity contribution in [3.8, 4) is 0 Å². The Balaban J connectivity index is 1.86. The molecule has 1 aliphatic heterocycles. The maximum Gasteiger partial charge on any atom is 0.196 e. The van der Waals surface area contributed by atoms with Crippen LogP contribution >= 0.6 is 0 Å². The smallest absolute Gasteiger partial charge is 0.196 e. The maximum absolute atomic E-state index is 5.56. The second-order valence-electron chi connectivity index (χ2n) is 4.47. The summed E-state index contributed by atoms with van der Waals surface area (Å²) in [4.78, 5) is 4.48. The summed E-state index contributed by atoms with van der Waals surface area (Å²) in [5.41, 5.74) is 1.02. The highest BCUT2D eigenvalue weighted by Gasteiger charge is 2.18. The van der Waals surface area contributed by atoms with Gasteiger partial charge in [-0.25, -0.2) is 4.98 Å². The summed E-state index contributed by atoms with van der Waals surface area (Å²) in [5.74, 6) is 0.810. The first-order valence-electron chi connectivity index (χ1n) is 6.00. The number of nitrogens with zero attached hydrogens (tertiary/aromatic N) is 1.